The van der Waals surface area contributed by atoms with E-state index >= 15 is 0 Å². The van der Waals surface area contributed by atoms with Crippen LogP contribution in [0.4, 0.5) is 5.69 Å². The van der Waals surface area contributed by atoms with Gasteiger partial charge in [0.25, 0.3) is 5.69 Å². The van der Waals surface area contributed by atoms with Crippen LogP contribution in [0, 0.1) is 16.0 Å². The van der Waals surface area contributed by atoms with E-state index in [2.05, 4.69) is 5.32 Å². The second-order valence-electron chi connectivity index (χ2n) is 4.75. The Hall–Kier alpha value is -1.99. The number of benzene rings is 1. The molecule has 0 fully saturated rings. The molecule has 0 saturated heterocycles. The summed E-state index contributed by atoms with van der Waals surface area (Å²) in [5.41, 5.74) is 0.298. The summed E-state index contributed by atoms with van der Waals surface area (Å²) in [6.07, 6.45) is -1.14. The maximum Gasteiger partial charge on any atom is 0.269 e. The SMILES string of the molecule is CC(C)C(=O)N[C@H](CO)[C@H](O)c1ccc([N+](=O)[O-])cc1. The zero-order valence-corrected chi connectivity index (χ0v) is 11.3. The summed E-state index contributed by atoms with van der Waals surface area (Å²) in [4.78, 5) is 21.6. The van der Waals surface area contributed by atoms with Gasteiger partial charge in [-0.25, -0.2) is 0 Å². The molecular weight excluding hydrogens is 264 g/mol. The number of hydrogen-bond acceptors (Lipinski definition) is 5. The van der Waals surface area contributed by atoms with Crippen LogP contribution in [-0.2, 0) is 4.79 Å². The lowest BCUT2D eigenvalue weighted by Gasteiger charge is -2.23. The first-order valence-corrected chi connectivity index (χ1v) is 6.20. The van der Waals surface area contributed by atoms with E-state index in [1.54, 1.807) is 13.8 Å². The van der Waals surface area contributed by atoms with Crippen LogP contribution < -0.4 is 5.32 Å². The van der Waals surface area contributed by atoms with Crippen molar-refractivity contribution in [2.75, 3.05) is 6.61 Å². The highest BCUT2D eigenvalue weighted by atomic mass is 16.6. The van der Waals surface area contributed by atoms with Crippen LogP contribution in [-0.4, -0.2) is 33.7 Å². The molecule has 0 heterocycles. The molecule has 110 valence electrons. The van der Waals surface area contributed by atoms with Crippen molar-refractivity contribution in [2.24, 2.45) is 5.92 Å². The molecule has 3 N–H and O–H groups in total. The third kappa shape index (κ3) is 4.01. The van der Waals surface area contributed by atoms with E-state index in [4.69, 9.17) is 0 Å². The Morgan fingerprint density at radius 3 is 2.30 bits per heavy atom. The number of nitro benzene ring substituents is 1. The molecule has 0 aromatic heterocycles. The molecule has 1 aromatic rings. The summed E-state index contributed by atoms with van der Waals surface area (Å²) in [7, 11) is 0. The Morgan fingerprint density at radius 2 is 1.90 bits per heavy atom. The minimum Gasteiger partial charge on any atom is -0.394 e. The second kappa shape index (κ2) is 6.97. The summed E-state index contributed by atoms with van der Waals surface area (Å²) >= 11 is 0. The Morgan fingerprint density at radius 1 is 1.35 bits per heavy atom. The molecule has 1 amide bonds. The van der Waals surface area contributed by atoms with Crippen LogP contribution in [0.1, 0.15) is 25.5 Å². The molecular formula is C13H18N2O5. The third-order valence-electron chi connectivity index (χ3n) is 2.88. The first-order chi connectivity index (χ1) is 9.36. The van der Waals surface area contributed by atoms with Crippen molar-refractivity contribution < 1.29 is 19.9 Å². The lowest BCUT2D eigenvalue weighted by molar-refractivity contribution is -0.384. The van der Waals surface area contributed by atoms with Gasteiger partial charge in [-0.3, -0.25) is 14.9 Å². The molecule has 1 aromatic carbocycles. The number of carbonyl (C=O) groups is 1. The van der Waals surface area contributed by atoms with Crippen molar-refractivity contribution in [1.82, 2.24) is 5.32 Å². The molecule has 0 unspecified atom stereocenters. The molecule has 0 spiro atoms. The van der Waals surface area contributed by atoms with Gasteiger partial charge in [0.15, 0.2) is 0 Å². The van der Waals surface area contributed by atoms with E-state index in [9.17, 15) is 25.1 Å². The summed E-state index contributed by atoms with van der Waals surface area (Å²) in [6.45, 7) is 2.96. The van der Waals surface area contributed by atoms with Crippen molar-refractivity contribution in [2.45, 2.75) is 26.0 Å². The predicted octanol–water partition coefficient (Wildman–Crippen LogP) is 0.761. The lowest BCUT2D eigenvalue weighted by Crippen LogP contribution is -2.43. The van der Waals surface area contributed by atoms with Crippen LogP contribution >= 0.6 is 0 Å². The van der Waals surface area contributed by atoms with Crippen molar-refractivity contribution in [3.8, 4) is 0 Å². The number of hydrogen-bond donors (Lipinski definition) is 3. The van der Waals surface area contributed by atoms with E-state index in [1.807, 2.05) is 0 Å². The number of aliphatic hydroxyl groups excluding tert-OH is 2. The largest absolute Gasteiger partial charge is 0.394 e. The highest BCUT2D eigenvalue weighted by Gasteiger charge is 2.23. The molecule has 0 bridgehead atoms. The van der Waals surface area contributed by atoms with Crippen LogP contribution in [0.5, 0.6) is 0 Å². The normalized spacial score (nSPS) is 13.8. The van der Waals surface area contributed by atoms with Gasteiger partial charge in [0.1, 0.15) is 6.10 Å². The molecule has 0 aliphatic heterocycles. The maximum atomic E-state index is 11.6. The average molecular weight is 282 g/mol. The minimum absolute atomic E-state index is 0.0901. The van der Waals surface area contributed by atoms with E-state index in [-0.39, 0.29) is 17.5 Å². The fourth-order valence-corrected chi connectivity index (χ4v) is 1.60. The van der Waals surface area contributed by atoms with Gasteiger partial charge in [-0.1, -0.05) is 13.8 Å². The van der Waals surface area contributed by atoms with Gasteiger partial charge in [0.2, 0.25) is 5.91 Å². The summed E-state index contributed by atoms with van der Waals surface area (Å²) < 4.78 is 0. The molecule has 20 heavy (non-hydrogen) atoms. The lowest BCUT2D eigenvalue weighted by atomic mass is 10.0. The Balaban J connectivity index is 2.82. The van der Waals surface area contributed by atoms with Gasteiger partial charge in [0.05, 0.1) is 17.6 Å². The smallest absolute Gasteiger partial charge is 0.269 e. The van der Waals surface area contributed by atoms with Crippen LogP contribution in [0.15, 0.2) is 24.3 Å². The number of nitrogens with zero attached hydrogens (tertiary/aromatic N) is 1. The van der Waals surface area contributed by atoms with Gasteiger partial charge in [-0.15, -0.1) is 0 Å². The number of nitro groups is 1. The van der Waals surface area contributed by atoms with Gasteiger partial charge >= 0.3 is 0 Å². The number of amides is 1. The van der Waals surface area contributed by atoms with Crippen molar-refractivity contribution in [3.05, 3.63) is 39.9 Å². The van der Waals surface area contributed by atoms with Crippen molar-refractivity contribution in [3.63, 3.8) is 0 Å². The Kier molecular flexibility index (Phi) is 5.60. The summed E-state index contributed by atoms with van der Waals surface area (Å²) in [5, 5.41) is 32.4. The standard InChI is InChI=1S/C13H18N2O5/c1-8(2)13(18)14-11(7-16)12(17)9-3-5-10(6-4-9)15(19)20/h3-6,8,11-12,16-17H,7H2,1-2H3,(H,14,18)/t11-,12-/m1/s1. The first kappa shape index (κ1) is 16.1. The monoisotopic (exact) mass is 282 g/mol. The Bertz CT molecular complexity index is 472. The zero-order chi connectivity index (χ0) is 15.3. The quantitative estimate of drug-likeness (QED) is 0.526. The number of aliphatic hydroxyl groups is 2. The van der Waals surface area contributed by atoms with Crippen LogP contribution in [0.3, 0.4) is 0 Å². The second-order valence-corrected chi connectivity index (χ2v) is 4.75. The minimum atomic E-state index is -1.14. The average Bonchev–Trinajstić information content (AvgIpc) is 2.43. The van der Waals surface area contributed by atoms with Crippen LogP contribution in [0.2, 0.25) is 0 Å². The van der Waals surface area contributed by atoms with Gasteiger partial charge in [-0.05, 0) is 17.7 Å². The molecule has 2 atom stereocenters. The molecule has 0 saturated carbocycles. The van der Waals surface area contributed by atoms with E-state index < -0.39 is 23.7 Å². The number of carbonyl (C=O) groups excluding carboxylic acids is 1. The fourth-order valence-electron chi connectivity index (χ4n) is 1.60. The van der Waals surface area contributed by atoms with E-state index in [0.717, 1.165) is 0 Å². The molecule has 0 aliphatic carbocycles. The van der Waals surface area contributed by atoms with Gasteiger partial charge in [-0.2, -0.15) is 0 Å². The molecule has 0 radical (unpaired) electrons. The number of rotatable bonds is 6. The molecule has 7 heteroatoms. The highest BCUT2D eigenvalue weighted by Crippen LogP contribution is 2.20. The Labute approximate surface area is 116 Å². The summed E-state index contributed by atoms with van der Waals surface area (Å²) in [5.74, 6) is -0.557. The van der Waals surface area contributed by atoms with Crippen molar-refractivity contribution >= 4 is 11.6 Å². The summed E-state index contributed by atoms with van der Waals surface area (Å²) in [6, 6.07) is 4.46. The number of nitrogens with one attached hydrogen (secondary N) is 1. The van der Waals surface area contributed by atoms with Gasteiger partial charge in [0, 0.05) is 18.1 Å². The third-order valence-corrected chi connectivity index (χ3v) is 2.88. The van der Waals surface area contributed by atoms with Crippen LogP contribution in [0.25, 0.3) is 0 Å². The molecule has 0 aliphatic rings. The fraction of sp³-hybridized carbons (Fsp3) is 0.462. The zero-order valence-electron chi connectivity index (χ0n) is 11.3. The maximum absolute atomic E-state index is 11.6. The van der Waals surface area contributed by atoms with E-state index in [1.165, 1.54) is 24.3 Å². The van der Waals surface area contributed by atoms with E-state index in [0.29, 0.717) is 5.56 Å². The first-order valence-electron chi connectivity index (χ1n) is 6.20. The number of non-ortho nitro benzene ring substituents is 1. The van der Waals surface area contributed by atoms with Gasteiger partial charge < -0.3 is 15.5 Å². The van der Waals surface area contributed by atoms with Crippen molar-refractivity contribution in [1.29, 1.82) is 0 Å². The molecule has 7 nitrogen and oxygen atoms in total. The highest BCUT2D eigenvalue weighted by molar-refractivity contribution is 5.78. The molecule has 1 rings (SSSR count). The predicted molar refractivity (Wildman–Crippen MR) is 71.9 cm³/mol. The topological polar surface area (TPSA) is 113 Å².